The van der Waals surface area contributed by atoms with Crippen molar-refractivity contribution in [2.45, 2.75) is 57.6 Å². The first-order valence-corrected chi connectivity index (χ1v) is 16.3. The number of ether oxygens (including phenoxy) is 2. The lowest BCUT2D eigenvalue weighted by Gasteiger charge is -2.28. The topological polar surface area (TPSA) is 136 Å². The van der Waals surface area contributed by atoms with E-state index in [9.17, 15) is 14.4 Å². The van der Waals surface area contributed by atoms with E-state index in [0.29, 0.717) is 23.0 Å². The maximum atomic E-state index is 13.6. The Hall–Kier alpha value is -2.96. The predicted molar refractivity (Wildman–Crippen MR) is 142 cm³/mol. The lowest BCUT2D eigenvalue weighted by molar-refractivity contribution is -0.135. The van der Waals surface area contributed by atoms with Crippen LogP contribution in [0, 0.1) is 0 Å². The van der Waals surface area contributed by atoms with Crippen molar-refractivity contribution < 1.29 is 23.9 Å². The number of amides is 4. The third-order valence-electron chi connectivity index (χ3n) is 5.48. The van der Waals surface area contributed by atoms with Crippen molar-refractivity contribution in [3.63, 3.8) is 0 Å². The first-order valence-electron chi connectivity index (χ1n) is 11.7. The molecule has 196 valence electrons. The number of urea groups is 1. The number of rotatable bonds is 9. The van der Waals surface area contributed by atoms with Crippen molar-refractivity contribution in [2.75, 3.05) is 25.6 Å². The molecule has 1 aromatic carbocycles. The van der Waals surface area contributed by atoms with E-state index in [1.807, 2.05) is 5.38 Å². The lowest BCUT2D eigenvalue weighted by Crippen LogP contribution is -2.53. The smallest absolute Gasteiger partial charge is 0.407 e. The van der Waals surface area contributed by atoms with E-state index in [-0.39, 0.29) is 13.3 Å². The molecule has 1 aliphatic rings. The van der Waals surface area contributed by atoms with Gasteiger partial charge < -0.3 is 25.8 Å². The van der Waals surface area contributed by atoms with Crippen LogP contribution in [0.4, 0.5) is 14.7 Å². The van der Waals surface area contributed by atoms with E-state index in [2.05, 4.69) is 35.3 Å². The number of hydrogen-bond acceptors (Lipinski definition) is 8. The van der Waals surface area contributed by atoms with Gasteiger partial charge in [0, 0.05) is 25.6 Å². The number of benzene rings is 1. The molecule has 4 N–H and O–H groups in total. The molecule has 1 unspecified atom stereocenters. The number of nitrogens with one attached hydrogen (secondary N) is 2. The minimum Gasteiger partial charge on any atom is -0.444 e. The molecule has 10 nitrogen and oxygen atoms in total. The SMILES string of the molecule is CC(C)(C)OC(=O)NCC1(c2ccc(-c3csc(N)n3)cc2)NC(=O)N(COCC[Si](C)(C)C)C1=O. The number of carbonyl (C=O) groups excluding carboxylic acids is 3. The first-order chi connectivity index (χ1) is 16.7. The summed E-state index contributed by atoms with van der Waals surface area (Å²) in [6, 6.07) is 7.38. The van der Waals surface area contributed by atoms with E-state index in [4.69, 9.17) is 15.2 Å². The Balaban J connectivity index is 1.84. The van der Waals surface area contributed by atoms with Crippen LogP contribution in [0.25, 0.3) is 11.3 Å². The van der Waals surface area contributed by atoms with Gasteiger partial charge in [0.15, 0.2) is 10.7 Å². The summed E-state index contributed by atoms with van der Waals surface area (Å²) in [4.78, 5) is 44.2. The maximum Gasteiger partial charge on any atom is 0.407 e. The van der Waals surface area contributed by atoms with Crippen LogP contribution in [0.15, 0.2) is 29.6 Å². The molecule has 1 aliphatic heterocycles. The van der Waals surface area contributed by atoms with Gasteiger partial charge in [-0.3, -0.25) is 4.79 Å². The number of thiazole rings is 1. The van der Waals surface area contributed by atoms with E-state index >= 15 is 0 Å². The monoisotopic (exact) mass is 533 g/mol. The van der Waals surface area contributed by atoms with Gasteiger partial charge in [-0.2, -0.15) is 0 Å². The molecule has 2 aromatic rings. The molecule has 0 aliphatic carbocycles. The lowest BCUT2D eigenvalue weighted by atomic mass is 9.88. The van der Waals surface area contributed by atoms with Crippen molar-refractivity contribution in [1.29, 1.82) is 0 Å². The van der Waals surface area contributed by atoms with Gasteiger partial charge in [-0.15, -0.1) is 11.3 Å². The molecule has 0 radical (unpaired) electrons. The van der Waals surface area contributed by atoms with E-state index in [1.54, 1.807) is 45.0 Å². The summed E-state index contributed by atoms with van der Waals surface area (Å²) in [5.74, 6) is -0.512. The minimum absolute atomic E-state index is 0.167. The van der Waals surface area contributed by atoms with E-state index in [1.165, 1.54) is 11.3 Å². The van der Waals surface area contributed by atoms with Gasteiger partial charge in [0.2, 0.25) is 0 Å². The van der Waals surface area contributed by atoms with Crippen LogP contribution in [0.1, 0.15) is 26.3 Å². The molecule has 1 saturated heterocycles. The minimum atomic E-state index is -1.52. The van der Waals surface area contributed by atoms with Gasteiger partial charge in [-0.1, -0.05) is 43.9 Å². The summed E-state index contributed by atoms with van der Waals surface area (Å²) in [6.07, 6.45) is -0.691. The van der Waals surface area contributed by atoms with E-state index in [0.717, 1.165) is 16.5 Å². The molecular weight excluding hydrogens is 498 g/mol. The van der Waals surface area contributed by atoms with Gasteiger partial charge in [0.25, 0.3) is 5.91 Å². The number of carbonyl (C=O) groups is 3. The Bertz CT molecular complexity index is 1110. The van der Waals surface area contributed by atoms with E-state index < -0.39 is 37.2 Å². The second-order valence-corrected chi connectivity index (χ2v) is 17.4. The van der Waals surface area contributed by atoms with Crippen LogP contribution in [0.5, 0.6) is 0 Å². The first kappa shape index (κ1) is 27.6. The fraction of sp³-hybridized carbons (Fsp3) is 0.500. The zero-order valence-electron chi connectivity index (χ0n) is 21.6. The summed E-state index contributed by atoms with van der Waals surface area (Å²) in [5.41, 5.74) is 5.55. The predicted octanol–water partition coefficient (Wildman–Crippen LogP) is 3.98. The summed E-state index contributed by atoms with van der Waals surface area (Å²) in [7, 11) is -1.33. The number of nitrogen functional groups attached to an aromatic ring is 1. The Labute approximate surface area is 216 Å². The maximum absolute atomic E-state index is 13.6. The van der Waals surface area contributed by atoms with Crippen molar-refractivity contribution in [1.82, 2.24) is 20.5 Å². The van der Waals surface area contributed by atoms with Gasteiger partial charge in [0.05, 0.1) is 12.2 Å². The summed E-state index contributed by atoms with van der Waals surface area (Å²) in [6.45, 7) is 12.0. The summed E-state index contributed by atoms with van der Waals surface area (Å²) < 4.78 is 11.0. The van der Waals surface area contributed by atoms with Crippen LogP contribution >= 0.6 is 11.3 Å². The molecule has 0 bridgehead atoms. The number of hydrogen-bond donors (Lipinski definition) is 3. The normalized spacial score (nSPS) is 18.3. The number of anilines is 1. The van der Waals surface area contributed by atoms with Crippen LogP contribution < -0.4 is 16.4 Å². The van der Waals surface area contributed by atoms with Gasteiger partial charge in [-0.25, -0.2) is 19.5 Å². The van der Waals surface area contributed by atoms with Gasteiger partial charge in [0.1, 0.15) is 12.3 Å². The number of nitrogens with two attached hydrogens (primary N) is 1. The highest BCUT2D eigenvalue weighted by molar-refractivity contribution is 7.13. The molecule has 1 fully saturated rings. The third kappa shape index (κ3) is 6.83. The third-order valence-corrected chi connectivity index (χ3v) is 7.86. The Morgan fingerprint density at radius 1 is 1.22 bits per heavy atom. The second kappa shape index (κ2) is 10.6. The molecule has 12 heteroatoms. The number of imide groups is 1. The zero-order chi connectivity index (χ0) is 26.7. The fourth-order valence-corrected chi connectivity index (χ4v) is 4.89. The molecule has 0 spiro atoms. The van der Waals surface area contributed by atoms with Crippen LogP contribution in [-0.4, -0.2) is 61.5 Å². The fourth-order valence-electron chi connectivity index (χ4n) is 3.56. The Kier molecular flexibility index (Phi) is 8.11. The molecule has 1 atom stereocenters. The molecule has 1 aromatic heterocycles. The highest BCUT2D eigenvalue weighted by atomic mass is 32.1. The summed E-state index contributed by atoms with van der Waals surface area (Å²) in [5, 5.41) is 7.72. The number of aromatic nitrogens is 1. The molecule has 0 saturated carbocycles. The number of alkyl carbamates (subject to hydrolysis) is 1. The standard InChI is InChI=1S/C24H35N5O5SSi/c1-23(2,3)34-22(32)26-14-24(17-9-7-16(8-10-17)18-13-35-20(25)27-18)19(30)29(21(31)28-24)15-33-11-12-36(4,5)6/h7-10,13H,11-12,14-15H2,1-6H3,(H2,25,27)(H,26,32)(H,28,31). The molecule has 3 rings (SSSR count). The second-order valence-electron chi connectivity index (χ2n) is 10.9. The molecule has 4 amide bonds. The van der Waals surface area contributed by atoms with Crippen molar-refractivity contribution in [2.24, 2.45) is 0 Å². The number of nitrogens with zero attached hydrogens (tertiary/aromatic N) is 2. The summed E-state index contributed by atoms with van der Waals surface area (Å²) >= 11 is 1.33. The zero-order valence-corrected chi connectivity index (χ0v) is 23.5. The van der Waals surface area contributed by atoms with Crippen molar-refractivity contribution in [3.05, 3.63) is 35.2 Å². The Morgan fingerprint density at radius 2 is 1.89 bits per heavy atom. The van der Waals surface area contributed by atoms with Crippen molar-refractivity contribution >= 4 is 42.6 Å². The van der Waals surface area contributed by atoms with Gasteiger partial charge >= 0.3 is 12.1 Å². The van der Waals surface area contributed by atoms with Crippen molar-refractivity contribution in [3.8, 4) is 11.3 Å². The average Bonchev–Trinajstić information content (AvgIpc) is 3.30. The average molecular weight is 534 g/mol. The van der Waals surface area contributed by atoms with Crippen LogP contribution in [0.3, 0.4) is 0 Å². The molecular formula is C24H35N5O5SSi. The largest absolute Gasteiger partial charge is 0.444 e. The van der Waals surface area contributed by atoms with Crippen LogP contribution in [-0.2, 0) is 19.8 Å². The molecule has 2 heterocycles. The van der Waals surface area contributed by atoms with Crippen LogP contribution in [0.2, 0.25) is 25.7 Å². The molecule has 36 heavy (non-hydrogen) atoms. The quantitative estimate of drug-likeness (QED) is 0.252. The van der Waals surface area contributed by atoms with Gasteiger partial charge in [-0.05, 0) is 32.4 Å². The Morgan fingerprint density at radius 3 is 2.44 bits per heavy atom. The highest BCUT2D eigenvalue weighted by Gasteiger charge is 2.53. The highest BCUT2D eigenvalue weighted by Crippen LogP contribution is 2.31.